The molecule has 8 heteroatoms. The van der Waals surface area contributed by atoms with Gasteiger partial charge in [0.15, 0.2) is 0 Å². The molecule has 17 rings (SSSR count). The van der Waals surface area contributed by atoms with Crippen LogP contribution in [0.15, 0.2) is 279 Å². The first-order valence-electron chi connectivity index (χ1n) is 33.0. The number of hydrogen-bond acceptors (Lipinski definition) is 6. The molecule has 450 valence electrons. The van der Waals surface area contributed by atoms with E-state index in [1.54, 1.807) is 0 Å². The van der Waals surface area contributed by atoms with Gasteiger partial charge < -0.3 is 29.4 Å². The molecule has 6 nitrogen and oxygen atoms in total. The lowest BCUT2D eigenvalue weighted by atomic mass is 9.30. The normalized spacial score (nSPS) is 13.0. The van der Waals surface area contributed by atoms with Crippen LogP contribution in [0, 0.1) is 55.4 Å². The van der Waals surface area contributed by atoms with Gasteiger partial charge in [0.25, 0.3) is 13.4 Å². The Bertz CT molecular complexity index is 4790. The molecule has 4 aliphatic rings. The number of anilines is 18. The van der Waals surface area contributed by atoms with Crippen LogP contribution >= 0.6 is 0 Å². The molecule has 94 heavy (non-hydrogen) atoms. The van der Waals surface area contributed by atoms with Gasteiger partial charge in [0, 0.05) is 68.2 Å². The largest absolute Gasteiger partial charge is 0.311 e. The summed E-state index contributed by atoms with van der Waals surface area (Å²) in [4.78, 5) is 15.4. The zero-order valence-corrected chi connectivity index (χ0v) is 54.4. The zero-order valence-electron chi connectivity index (χ0n) is 54.4. The molecule has 4 aliphatic heterocycles. The second-order valence-corrected chi connectivity index (χ2v) is 26.1. The molecule has 0 saturated heterocycles. The summed E-state index contributed by atoms with van der Waals surface area (Å²) in [6, 6.07) is 105. The van der Waals surface area contributed by atoms with Crippen LogP contribution in [-0.2, 0) is 0 Å². The van der Waals surface area contributed by atoms with Crippen LogP contribution in [0.2, 0.25) is 0 Å². The number of aryl methyl sites for hydroxylation is 8. The number of rotatable bonds is 10. The van der Waals surface area contributed by atoms with E-state index in [2.05, 4.69) is 364 Å². The van der Waals surface area contributed by atoms with Gasteiger partial charge in [-0.1, -0.05) is 188 Å². The Hall–Kier alpha value is -11.2. The molecule has 13 aromatic rings. The van der Waals surface area contributed by atoms with Crippen molar-refractivity contribution in [2.45, 2.75) is 55.4 Å². The van der Waals surface area contributed by atoms with Gasteiger partial charge in [-0.2, -0.15) is 0 Å². The maximum atomic E-state index is 2.66. The van der Waals surface area contributed by atoms with Crippen molar-refractivity contribution in [2.75, 3.05) is 29.4 Å². The highest BCUT2D eigenvalue weighted by Crippen LogP contribution is 2.54. The quantitative estimate of drug-likeness (QED) is 0.126. The van der Waals surface area contributed by atoms with Crippen LogP contribution in [0.5, 0.6) is 0 Å². The minimum atomic E-state index is -0.170. The van der Waals surface area contributed by atoms with E-state index in [9.17, 15) is 0 Å². The van der Waals surface area contributed by atoms with E-state index in [1.165, 1.54) is 111 Å². The molecular weight excluding hydrogens is 1140 g/mol. The second kappa shape index (κ2) is 22.3. The van der Waals surface area contributed by atoms with Crippen molar-refractivity contribution >= 4 is 149 Å². The molecule has 0 N–H and O–H groups in total. The van der Waals surface area contributed by atoms with Gasteiger partial charge in [0.05, 0.1) is 34.1 Å². The molecule has 0 bridgehead atoms. The standard InChI is InChI=1S/C86H70B2N6/c1-55-29-25-30-56(2)83(55)89(63-37-13-9-14-38-63)67-49-77-81-79(51-67)93(85-59(5)33-27-34-60(85)6)73-47-23-21-45-69(73)87(81)71-53-72-76(54-75(71)91(77)65-41-17-11-18-42-65)92(66-43-19-12-20-44-66)78-50-68(90(64-39-15-10-16-40-64)84-57(3)31-26-32-58(84)4)52-80-82(78)88(72)70-46-22-24-48-74(70)94(80)86-61(7)35-28-36-62(86)8/h9-54H,1-8H3. The summed E-state index contributed by atoms with van der Waals surface area (Å²) in [7, 11) is 0. The minimum absolute atomic E-state index is 0.170. The number of nitrogens with zero attached hydrogens (tertiary/aromatic N) is 6. The fourth-order valence-corrected chi connectivity index (χ4v) is 16.4. The highest BCUT2D eigenvalue weighted by atomic mass is 15.2. The predicted octanol–water partition coefficient (Wildman–Crippen LogP) is 19.3. The SMILES string of the molecule is Cc1cccc(C)c1N(c1ccccc1)c1cc2c3c(c1)N(c1c(C)cccc1C)c1ccccc1B3c1cc3c(cc1N2c1ccccc1)N(c1ccccc1)c1cc(N(c2ccccc2)c2c(C)cccc2C)cc2c1B3c1ccccc1N2c1c(C)cccc1C. The van der Waals surface area contributed by atoms with Crippen molar-refractivity contribution in [3.8, 4) is 0 Å². The summed E-state index contributed by atoms with van der Waals surface area (Å²) in [5, 5.41) is 0. The van der Waals surface area contributed by atoms with Crippen molar-refractivity contribution in [3.05, 3.63) is 324 Å². The van der Waals surface area contributed by atoms with Crippen LogP contribution in [0.3, 0.4) is 0 Å². The summed E-state index contributed by atoms with van der Waals surface area (Å²) in [5.41, 5.74) is 37.8. The molecule has 0 unspecified atom stereocenters. The van der Waals surface area contributed by atoms with E-state index >= 15 is 0 Å². The molecule has 0 aliphatic carbocycles. The molecule has 0 radical (unpaired) electrons. The van der Waals surface area contributed by atoms with Crippen molar-refractivity contribution in [3.63, 3.8) is 0 Å². The van der Waals surface area contributed by atoms with Gasteiger partial charge in [0.2, 0.25) is 0 Å². The van der Waals surface area contributed by atoms with E-state index < -0.39 is 0 Å². The number of para-hydroxylation sites is 10. The molecule has 4 heterocycles. The van der Waals surface area contributed by atoms with Gasteiger partial charge >= 0.3 is 0 Å². The van der Waals surface area contributed by atoms with Crippen molar-refractivity contribution in [1.29, 1.82) is 0 Å². The monoisotopic (exact) mass is 1210 g/mol. The molecular formula is C86H70B2N6. The van der Waals surface area contributed by atoms with Gasteiger partial charge in [-0.15, -0.1) is 0 Å². The molecule has 0 saturated carbocycles. The fraction of sp³-hybridized carbons (Fsp3) is 0.0930. The summed E-state index contributed by atoms with van der Waals surface area (Å²) < 4.78 is 0. The van der Waals surface area contributed by atoms with Crippen molar-refractivity contribution in [2.24, 2.45) is 0 Å². The fourth-order valence-electron chi connectivity index (χ4n) is 16.4. The van der Waals surface area contributed by atoms with Crippen LogP contribution in [0.4, 0.5) is 102 Å². The Labute approximate surface area is 553 Å². The highest BCUT2D eigenvalue weighted by Gasteiger charge is 2.49. The number of hydrogen-bond donors (Lipinski definition) is 0. The molecule has 0 aromatic heterocycles. The van der Waals surface area contributed by atoms with E-state index in [1.807, 2.05) is 0 Å². The van der Waals surface area contributed by atoms with Crippen LogP contribution in [0.1, 0.15) is 44.5 Å². The lowest BCUT2D eigenvalue weighted by molar-refractivity contribution is 1.18. The van der Waals surface area contributed by atoms with E-state index in [0.717, 1.165) is 68.2 Å². The van der Waals surface area contributed by atoms with Crippen LogP contribution in [0.25, 0.3) is 0 Å². The van der Waals surface area contributed by atoms with E-state index in [4.69, 9.17) is 0 Å². The summed E-state index contributed by atoms with van der Waals surface area (Å²) >= 11 is 0. The molecule has 0 atom stereocenters. The number of benzene rings is 13. The van der Waals surface area contributed by atoms with Crippen LogP contribution < -0.4 is 62.2 Å². The molecule has 0 spiro atoms. The third-order valence-electron chi connectivity index (χ3n) is 20.3. The first-order chi connectivity index (χ1) is 46.0. The Morgan fingerprint density at radius 2 is 0.521 bits per heavy atom. The van der Waals surface area contributed by atoms with Gasteiger partial charge in [-0.25, -0.2) is 0 Å². The first-order valence-corrected chi connectivity index (χ1v) is 33.0. The van der Waals surface area contributed by atoms with Crippen molar-refractivity contribution in [1.82, 2.24) is 0 Å². The van der Waals surface area contributed by atoms with E-state index in [-0.39, 0.29) is 13.4 Å². The smallest absolute Gasteiger partial charge is 0.252 e. The predicted molar refractivity (Wildman–Crippen MR) is 402 cm³/mol. The van der Waals surface area contributed by atoms with Crippen LogP contribution in [-0.4, -0.2) is 13.4 Å². The Morgan fingerprint density at radius 1 is 0.223 bits per heavy atom. The Balaban J connectivity index is 1.02. The summed E-state index contributed by atoms with van der Waals surface area (Å²) in [6.45, 7) is 17.8. The summed E-state index contributed by atoms with van der Waals surface area (Å²) in [6.07, 6.45) is 0. The van der Waals surface area contributed by atoms with Gasteiger partial charge in [0.1, 0.15) is 0 Å². The third-order valence-corrected chi connectivity index (χ3v) is 20.3. The Kier molecular flexibility index (Phi) is 13.5. The molecule has 13 aromatic carbocycles. The zero-order chi connectivity index (χ0) is 63.6. The summed E-state index contributed by atoms with van der Waals surface area (Å²) in [5.74, 6) is 0. The van der Waals surface area contributed by atoms with E-state index in [0.29, 0.717) is 0 Å². The Morgan fingerprint density at radius 3 is 0.872 bits per heavy atom. The third kappa shape index (κ3) is 8.73. The maximum absolute atomic E-state index is 2.66. The molecule has 0 amide bonds. The van der Waals surface area contributed by atoms with Gasteiger partial charge in [-0.3, -0.25) is 0 Å². The lowest BCUT2D eigenvalue weighted by Gasteiger charge is -2.48. The minimum Gasteiger partial charge on any atom is -0.311 e. The van der Waals surface area contributed by atoms with Crippen molar-refractivity contribution < 1.29 is 0 Å². The maximum Gasteiger partial charge on any atom is 0.252 e. The second-order valence-electron chi connectivity index (χ2n) is 26.1. The number of fused-ring (bicyclic) bond motifs is 8. The molecule has 0 fully saturated rings. The highest BCUT2D eigenvalue weighted by molar-refractivity contribution is 7.03. The average molecular weight is 1210 g/mol. The van der Waals surface area contributed by atoms with Gasteiger partial charge in [-0.05, 0) is 224 Å². The first kappa shape index (κ1) is 56.7. The average Bonchev–Trinajstić information content (AvgIpc) is 0.687. The topological polar surface area (TPSA) is 19.4 Å². The lowest BCUT2D eigenvalue weighted by Crippen LogP contribution is -2.65.